The first-order valence-electron chi connectivity index (χ1n) is 22.8. The van der Waals surface area contributed by atoms with Crippen LogP contribution in [0.1, 0.15) is 55.2 Å². The van der Waals surface area contributed by atoms with E-state index in [-0.39, 0.29) is 12.1 Å². The van der Waals surface area contributed by atoms with Crippen LogP contribution in [-0.2, 0) is 0 Å². The number of hydrogen-bond acceptors (Lipinski definition) is 5. The van der Waals surface area contributed by atoms with Crippen molar-refractivity contribution in [2.24, 2.45) is 15.9 Å². The van der Waals surface area contributed by atoms with Gasteiger partial charge in [0.1, 0.15) is 11.7 Å². The molecule has 0 spiro atoms. The molecule has 2 N–H and O–H groups in total. The lowest BCUT2D eigenvalue weighted by molar-refractivity contribution is 0.701. The zero-order valence-electron chi connectivity index (χ0n) is 36.4. The molecule has 2 heterocycles. The third kappa shape index (κ3) is 7.37. The van der Waals surface area contributed by atoms with Crippen LogP contribution in [0.2, 0.25) is 0 Å². The number of benzene rings is 6. The van der Waals surface area contributed by atoms with Crippen LogP contribution >= 0.6 is 0 Å². The maximum Gasteiger partial charge on any atom is 0.169 e. The molecule has 11 rings (SSSR count). The Bertz CT molecular complexity index is 3050. The summed E-state index contributed by atoms with van der Waals surface area (Å²) >= 11 is 0. The van der Waals surface area contributed by atoms with Gasteiger partial charge in [0.15, 0.2) is 6.17 Å². The lowest BCUT2D eigenvalue weighted by Crippen LogP contribution is -2.39. The Kier molecular flexibility index (Phi) is 10.4. The Morgan fingerprint density at radius 1 is 0.641 bits per heavy atom. The molecule has 64 heavy (non-hydrogen) atoms. The third-order valence-electron chi connectivity index (χ3n) is 13.2. The van der Waals surface area contributed by atoms with Gasteiger partial charge in [-0.15, -0.1) is 0 Å². The smallest absolute Gasteiger partial charge is 0.169 e. The van der Waals surface area contributed by atoms with Crippen molar-refractivity contribution >= 4 is 34.4 Å². The van der Waals surface area contributed by atoms with E-state index in [0.717, 1.165) is 76.9 Å². The quantitative estimate of drug-likeness (QED) is 0.160. The second-order valence-electron chi connectivity index (χ2n) is 17.4. The summed E-state index contributed by atoms with van der Waals surface area (Å²) in [4.78, 5) is 13.0. The largest absolute Gasteiger partial charge is 0.354 e. The van der Waals surface area contributed by atoms with E-state index in [1.807, 2.05) is 6.07 Å². The third-order valence-corrected chi connectivity index (χ3v) is 13.2. The van der Waals surface area contributed by atoms with Gasteiger partial charge in [0.2, 0.25) is 0 Å². The number of nitrogens with zero attached hydrogens (tertiary/aromatic N) is 3. The number of rotatable bonds is 8. The Labute approximate surface area is 377 Å². The molecule has 6 aromatic carbocycles. The fraction of sp³-hybridized carbons (Fsp3) is 0.153. The lowest BCUT2D eigenvalue weighted by Gasteiger charge is -2.32. The molecule has 3 atom stereocenters. The van der Waals surface area contributed by atoms with Crippen molar-refractivity contribution in [3.8, 4) is 33.4 Å². The van der Waals surface area contributed by atoms with Gasteiger partial charge in [-0.05, 0) is 102 Å². The van der Waals surface area contributed by atoms with E-state index in [9.17, 15) is 0 Å². The summed E-state index contributed by atoms with van der Waals surface area (Å²) in [7, 11) is 0. The zero-order chi connectivity index (χ0) is 43.0. The fourth-order valence-electron chi connectivity index (χ4n) is 9.87. The van der Waals surface area contributed by atoms with Crippen LogP contribution in [0.4, 0.5) is 22.7 Å². The molecule has 312 valence electrons. The summed E-state index contributed by atoms with van der Waals surface area (Å²) < 4.78 is 0. The van der Waals surface area contributed by atoms with Crippen molar-refractivity contribution in [1.29, 1.82) is 0 Å². The molecule has 3 aliphatic carbocycles. The van der Waals surface area contributed by atoms with Crippen LogP contribution in [0.15, 0.2) is 221 Å². The Morgan fingerprint density at radius 2 is 1.39 bits per heavy atom. The standard InChI is InChI=1S/C59H51N5/c1-39-18-9-11-26-47(39)52-36-37-53-50-29-14-13-28-49(50)51-30-15-16-31-54(51)64(56(53)55(52)60-45-23-7-4-8-24-45)46-25-17-22-44(38-46)41-32-34-43(35-33-41)58-61-57(42-20-5-3-6-21-42)62-59(63-58)48-27-12-10-19-40(48)2/h3,5-7,9-18,20-32,34-38,40-41,58,60H,4,8,19,33H2,1-2H3,(H,61,62,63). The number of aryl methyl sites for hydroxylation is 1. The predicted molar refractivity (Wildman–Crippen MR) is 269 cm³/mol. The van der Waals surface area contributed by atoms with E-state index < -0.39 is 0 Å². The highest BCUT2D eigenvalue weighted by atomic mass is 15.2. The van der Waals surface area contributed by atoms with E-state index in [0.29, 0.717) is 5.92 Å². The van der Waals surface area contributed by atoms with Gasteiger partial charge in [0.05, 0.1) is 17.1 Å². The van der Waals surface area contributed by atoms with E-state index >= 15 is 0 Å². The van der Waals surface area contributed by atoms with Gasteiger partial charge in [-0.25, -0.2) is 9.98 Å². The second kappa shape index (κ2) is 17.0. The summed E-state index contributed by atoms with van der Waals surface area (Å²) in [6.07, 6.45) is 24.0. The van der Waals surface area contributed by atoms with Gasteiger partial charge in [0.25, 0.3) is 0 Å². The summed E-state index contributed by atoms with van der Waals surface area (Å²) in [5.41, 5.74) is 18.8. The van der Waals surface area contributed by atoms with Crippen LogP contribution in [0.5, 0.6) is 0 Å². The summed E-state index contributed by atoms with van der Waals surface area (Å²) in [5.74, 6) is 2.33. The Hall–Kier alpha value is -7.50. The molecule has 2 aliphatic heterocycles. The van der Waals surface area contributed by atoms with E-state index in [1.54, 1.807) is 0 Å². The molecular weight excluding hydrogens is 779 g/mol. The van der Waals surface area contributed by atoms with E-state index in [1.165, 1.54) is 50.1 Å². The van der Waals surface area contributed by atoms with Gasteiger partial charge in [-0.3, -0.25) is 0 Å². The van der Waals surface area contributed by atoms with Crippen LogP contribution in [-0.4, -0.2) is 17.8 Å². The minimum Gasteiger partial charge on any atom is -0.354 e. The minimum atomic E-state index is -0.330. The van der Waals surface area contributed by atoms with Crippen LogP contribution in [0.25, 0.3) is 33.4 Å². The number of anilines is 4. The van der Waals surface area contributed by atoms with E-state index in [2.05, 4.69) is 218 Å². The number of fused-ring (bicyclic) bond motifs is 5. The molecule has 5 heteroatoms. The monoisotopic (exact) mass is 829 g/mol. The maximum atomic E-state index is 5.26. The Morgan fingerprint density at radius 3 is 2.17 bits per heavy atom. The molecule has 5 nitrogen and oxygen atoms in total. The van der Waals surface area contributed by atoms with Gasteiger partial charge in [-0.1, -0.05) is 177 Å². The first-order valence-corrected chi connectivity index (χ1v) is 22.8. The van der Waals surface area contributed by atoms with Crippen molar-refractivity contribution in [1.82, 2.24) is 5.32 Å². The first kappa shape index (κ1) is 39.4. The molecule has 5 aliphatic rings. The molecular formula is C59H51N5. The number of hydrogen-bond donors (Lipinski definition) is 2. The molecule has 0 fully saturated rings. The molecule has 0 radical (unpaired) electrons. The minimum absolute atomic E-state index is 0.185. The number of allylic oxidation sites excluding steroid dienone is 8. The Balaban J connectivity index is 1.01. The van der Waals surface area contributed by atoms with Gasteiger partial charge < -0.3 is 15.5 Å². The molecule has 0 saturated carbocycles. The van der Waals surface area contributed by atoms with Crippen molar-refractivity contribution in [2.75, 3.05) is 10.2 Å². The highest BCUT2D eigenvalue weighted by molar-refractivity contribution is 6.16. The molecule has 0 aromatic heterocycles. The van der Waals surface area contributed by atoms with Crippen molar-refractivity contribution in [3.63, 3.8) is 0 Å². The molecule has 3 unspecified atom stereocenters. The number of aliphatic imine (C=N–C) groups is 2. The molecule has 0 bridgehead atoms. The summed E-state index contributed by atoms with van der Waals surface area (Å²) in [6, 6.07) is 50.8. The van der Waals surface area contributed by atoms with Crippen LogP contribution in [0, 0.1) is 12.8 Å². The van der Waals surface area contributed by atoms with Crippen molar-refractivity contribution in [2.45, 2.75) is 51.6 Å². The first-order chi connectivity index (χ1) is 31.6. The highest BCUT2D eigenvalue weighted by Crippen LogP contribution is 2.56. The highest BCUT2D eigenvalue weighted by Gasteiger charge is 2.31. The van der Waals surface area contributed by atoms with Crippen molar-refractivity contribution in [3.05, 3.63) is 228 Å². The SMILES string of the molecule is Cc1ccccc1-c1ccc2c(c1NC1=CCCC=C1)N(c1cccc(C3C=CC(C4N=C(C5=CC=CCC5C)NC(c5ccccc5)=N4)=CC3)c1)c1ccccc1-c1ccccc1-2. The topological polar surface area (TPSA) is 52.0 Å². The fourth-order valence-corrected chi connectivity index (χ4v) is 9.87. The molecule has 6 aromatic rings. The molecule has 0 amide bonds. The zero-order valence-corrected chi connectivity index (χ0v) is 36.4. The van der Waals surface area contributed by atoms with Crippen molar-refractivity contribution < 1.29 is 0 Å². The number of nitrogens with one attached hydrogen (secondary N) is 2. The lowest BCUT2D eigenvalue weighted by atomic mass is 9.88. The average molecular weight is 830 g/mol. The van der Waals surface area contributed by atoms with Crippen LogP contribution in [0.3, 0.4) is 0 Å². The normalized spacial score (nSPS) is 19.7. The maximum absolute atomic E-state index is 5.26. The van der Waals surface area contributed by atoms with E-state index in [4.69, 9.17) is 9.98 Å². The average Bonchev–Trinajstić information content (AvgIpc) is 3.48. The molecule has 0 saturated heterocycles. The summed E-state index contributed by atoms with van der Waals surface area (Å²) in [6.45, 7) is 4.49. The number of para-hydroxylation sites is 1. The predicted octanol–water partition coefficient (Wildman–Crippen LogP) is 14.7. The second-order valence-corrected chi connectivity index (χ2v) is 17.4. The van der Waals surface area contributed by atoms with Gasteiger partial charge in [-0.2, -0.15) is 0 Å². The van der Waals surface area contributed by atoms with Crippen LogP contribution < -0.4 is 15.5 Å². The summed E-state index contributed by atoms with van der Waals surface area (Å²) in [5, 5.41) is 7.64. The number of amidine groups is 2. The van der Waals surface area contributed by atoms with Gasteiger partial charge in [0, 0.05) is 39.6 Å². The van der Waals surface area contributed by atoms with Gasteiger partial charge >= 0.3 is 0 Å².